The highest BCUT2D eigenvalue weighted by Gasteiger charge is 2.30. The summed E-state index contributed by atoms with van der Waals surface area (Å²) in [4.78, 5) is 22.4. The SMILES string of the molecule is O=C([O-])C[C@@H]1S/C(=N\N=C2c3ccccc3-c3ccccc32)NC1=O. The van der Waals surface area contributed by atoms with Gasteiger partial charge in [-0.05, 0) is 11.1 Å². The van der Waals surface area contributed by atoms with Gasteiger partial charge in [0, 0.05) is 23.5 Å². The number of amidine groups is 1. The average Bonchev–Trinajstić information content (AvgIpc) is 3.11. The number of thioether (sulfide) groups is 1. The van der Waals surface area contributed by atoms with Gasteiger partial charge in [-0.15, -0.1) is 10.2 Å². The number of nitrogens with one attached hydrogen (secondary N) is 1. The van der Waals surface area contributed by atoms with Crippen LogP contribution >= 0.6 is 11.8 Å². The Hall–Kier alpha value is -2.93. The molecular formula is C18H12N3O3S-. The lowest BCUT2D eigenvalue weighted by molar-refractivity contribution is -0.305. The average molecular weight is 350 g/mol. The minimum absolute atomic E-state index is 0.297. The molecule has 0 unspecified atom stereocenters. The maximum absolute atomic E-state index is 11.8. The number of rotatable bonds is 3. The van der Waals surface area contributed by atoms with E-state index in [-0.39, 0.29) is 12.3 Å². The van der Waals surface area contributed by atoms with Gasteiger partial charge < -0.3 is 15.2 Å². The summed E-state index contributed by atoms with van der Waals surface area (Å²) in [6.45, 7) is 0. The van der Waals surface area contributed by atoms with Gasteiger partial charge in [0.15, 0.2) is 5.17 Å². The van der Waals surface area contributed by atoms with Gasteiger partial charge in [-0.1, -0.05) is 60.3 Å². The summed E-state index contributed by atoms with van der Waals surface area (Å²) in [5.74, 6) is -1.65. The van der Waals surface area contributed by atoms with E-state index in [9.17, 15) is 14.7 Å². The zero-order chi connectivity index (χ0) is 17.4. The number of nitrogens with zero attached hydrogens (tertiary/aromatic N) is 2. The molecule has 1 fully saturated rings. The van der Waals surface area contributed by atoms with Crippen molar-refractivity contribution in [2.75, 3.05) is 0 Å². The molecule has 1 amide bonds. The fraction of sp³-hybridized carbons (Fsp3) is 0.111. The molecule has 4 rings (SSSR count). The van der Waals surface area contributed by atoms with E-state index in [1.54, 1.807) is 0 Å². The molecule has 124 valence electrons. The topological polar surface area (TPSA) is 93.9 Å². The van der Waals surface area contributed by atoms with Crippen LogP contribution in [0.4, 0.5) is 0 Å². The molecule has 2 aromatic carbocycles. The fourth-order valence-electron chi connectivity index (χ4n) is 2.94. The molecule has 2 aromatic rings. The van der Waals surface area contributed by atoms with Crippen LogP contribution < -0.4 is 10.4 Å². The van der Waals surface area contributed by atoms with Crippen LogP contribution in [-0.4, -0.2) is 28.0 Å². The number of hydrogen-bond donors (Lipinski definition) is 1. The second kappa shape index (κ2) is 6.18. The van der Waals surface area contributed by atoms with Gasteiger partial charge in [-0.25, -0.2) is 0 Å². The van der Waals surface area contributed by atoms with Gasteiger partial charge >= 0.3 is 0 Å². The lowest BCUT2D eigenvalue weighted by Gasteiger charge is -2.04. The molecule has 1 aliphatic carbocycles. The second-order valence-corrected chi connectivity index (χ2v) is 6.81. The third kappa shape index (κ3) is 2.83. The van der Waals surface area contributed by atoms with Crippen LogP contribution in [0.25, 0.3) is 11.1 Å². The summed E-state index contributed by atoms with van der Waals surface area (Å²) in [6.07, 6.45) is -0.349. The highest BCUT2D eigenvalue weighted by atomic mass is 32.2. The Bertz CT molecular complexity index is 905. The number of aliphatic carboxylic acids is 1. The normalized spacial score (nSPS) is 19.5. The van der Waals surface area contributed by atoms with Crippen molar-refractivity contribution < 1.29 is 14.7 Å². The first-order valence-corrected chi connectivity index (χ1v) is 8.53. The quantitative estimate of drug-likeness (QED) is 0.717. The standard InChI is InChI=1S/C18H13N3O3S/c22-15(23)9-14-17(24)19-18(25-14)21-20-16-12-7-3-1-5-10(12)11-6-2-4-8-13(11)16/h1-8,14H,9H2,(H,22,23)(H,19,21,24)/p-1/t14-/m0/s1. The number of carboxylic acids is 1. The highest BCUT2D eigenvalue weighted by Crippen LogP contribution is 2.36. The number of benzene rings is 2. The summed E-state index contributed by atoms with van der Waals surface area (Å²) in [5.41, 5.74) is 4.88. The lowest BCUT2D eigenvalue weighted by Crippen LogP contribution is -2.31. The first-order valence-electron chi connectivity index (χ1n) is 7.65. The molecule has 6 nitrogen and oxygen atoms in total. The Kier molecular flexibility index (Phi) is 3.85. The van der Waals surface area contributed by atoms with Crippen LogP contribution in [0.15, 0.2) is 58.7 Å². The van der Waals surface area contributed by atoms with Gasteiger partial charge in [0.25, 0.3) is 0 Å². The third-order valence-corrected chi connectivity index (χ3v) is 5.10. The molecule has 7 heteroatoms. The maximum Gasteiger partial charge on any atom is 0.239 e. The maximum atomic E-state index is 11.8. The van der Waals surface area contributed by atoms with E-state index in [4.69, 9.17) is 0 Å². The summed E-state index contributed by atoms with van der Waals surface area (Å²) in [7, 11) is 0. The Morgan fingerprint density at radius 1 is 1.00 bits per heavy atom. The molecule has 0 bridgehead atoms. The fourth-order valence-corrected chi connectivity index (χ4v) is 3.84. The number of amides is 1. The Labute approximate surface area is 147 Å². The van der Waals surface area contributed by atoms with Crippen LogP contribution in [-0.2, 0) is 9.59 Å². The number of fused-ring (bicyclic) bond motifs is 3. The van der Waals surface area contributed by atoms with E-state index >= 15 is 0 Å². The first kappa shape index (κ1) is 15.6. The van der Waals surface area contributed by atoms with Gasteiger partial charge in [-0.2, -0.15) is 0 Å². The van der Waals surface area contributed by atoms with Crippen LogP contribution in [0.3, 0.4) is 0 Å². The van der Waals surface area contributed by atoms with Crippen LogP contribution in [0, 0.1) is 0 Å². The Balaban J connectivity index is 1.68. The molecule has 1 heterocycles. The van der Waals surface area contributed by atoms with Crippen molar-refractivity contribution in [1.82, 2.24) is 5.32 Å². The number of carbonyl (C=O) groups excluding carboxylic acids is 2. The van der Waals surface area contributed by atoms with E-state index in [2.05, 4.69) is 15.5 Å². The number of carbonyl (C=O) groups is 2. The summed E-state index contributed by atoms with van der Waals surface area (Å²) in [6, 6.07) is 15.9. The van der Waals surface area contributed by atoms with Crippen molar-refractivity contribution in [3.63, 3.8) is 0 Å². The van der Waals surface area contributed by atoms with Crippen molar-refractivity contribution >= 4 is 34.5 Å². The van der Waals surface area contributed by atoms with E-state index in [0.29, 0.717) is 5.17 Å². The van der Waals surface area contributed by atoms with Crippen LogP contribution in [0.1, 0.15) is 17.5 Å². The molecule has 0 aromatic heterocycles. The molecule has 25 heavy (non-hydrogen) atoms. The molecule has 1 atom stereocenters. The van der Waals surface area contributed by atoms with Crippen molar-refractivity contribution in [2.45, 2.75) is 11.7 Å². The van der Waals surface area contributed by atoms with Gasteiger partial charge in [-0.3, -0.25) is 4.79 Å². The molecule has 0 spiro atoms. The summed E-state index contributed by atoms with van der Waals surface area (Å²) in [5, 5.41) is 21.3. The summed E-state index contributed by atoms with van der Waals surface area (Å²) < 4.78 is 0. The van der Waals surface area contributed by atoms with Gasteiger partial charge in [0.2, 0.25) is 5.91 Å². The zero-order valence-corrected chi connectivity index (χ0v) is 13.7. The minimum atomic E-state index is -1.26. The second-order valence-electron chi connectivity index (χ2n) is 5.62. The lowest BCUT2D eigenvalue weighted by atomic mass is 10.1. The zero-order valence-electron chi connectivity index (χ0n) is 12.9. The minimum Gasteiger partial charge on any atom is -0.550 e. The first-order chi connectivity index (χ1) is 12.1. The molecule has 1 N–H and O–H groups in total. The Morgan fingerprint density at radius 3 is 2.12 bits per heavy atom. The smallest absolute Gasteiger partial charge is 0.239 e. The van der Waals surface area contributed by atoms with E-state index in [0.717, 1.165) is 39.7 Å². The largest absolute Gasteiger partial charge is 0.550 e. The monoisotopic (exact) mass is 350 g/mol. The molecule has 0 radical (unpaired) electrons. The molecular weight excluding hydrogens is 338 g/mol. The van der Waals surface area contributed by atoms with Crippen molar-refractivity contribution in [1.29, 1.82) is 0 Å². The molecule has 2 aliphatic rings. The van der Waals surface area contributed by atoms with Crippen molar-refractivity contribution in [3.8, 4) is 11.1 Å². The van der Waals surface area contributed by atoms with Crippen molar-refractivity contribution in [3.05, 3.63) is 59.7 Å². The Morgan fingerprint density at radius 2 is 1.56 bits per heavy atom. The van der Waals surface area contributed by atoms with Crippen LogP contribution in [0.5, 0.6) is 0 Å². The highest BCUT2D eigenvalue weighted by molar-refractivity contribution is 8.15. The van der Waals surface area contributed by atoms with Crippen LogP contribution in [0.2, 0.25) is 0 Å². The predicted molar refractivity (Wildman–Crippen MR) is 94.1 cm³/mol. The number of carboxylic acid groups (broad SMARTS) is 1. The van der Waals surface area contributed by atoms with Gasteiger partial charge in [0.05, 0.1) is 5.25 Å². The molecule has 0 saturated carbocycles. The van der Waals surface area contributed by atoms with E-state index in [1.807, 2.05) is 48.5 Å². The predicted octanol–water partition coefficient (Wildman–Crippen LogP) is 1.15. The summed E-state index contributed by atoms with van der Waals surface area (Å²) >= 11 is 1.05. The van der Waals surface area contributed by atoms with Crippen molar-refractivity contribution in [2.24, 2.45) is 10.2 Å². The third-order valence-electron chi connectivity index (χ3n) is 4.02. The molecule has 1 saturated heterocycles. The van der Waals surface area contributed by atoms with E-state index < -0.39 is 11.2 Å². The molecule has 1 aliphatic heterocycles. The van der Waals surface area contributed by atoms with Gasteiger partial charge in [0.1, 0.15) is 5.71 Å². The van der Waals surface area contributed by atoms with E-state index in [1.165, 1.54) is 0 Å². The number of hydrogen-bond acceptors (Lipinski definition) is 6.